The third-order valence-corrected chi connectivity index (χ3v) is 8.83. The summed E-state index contributed by atoms with van der Waals surface area (Å²) in [5.41, 5.74) is 10.6. The van der Waals surface area contributed by atoms with Gasteiger partial charge in [0.2, 0.25) is 0 Å². The molecular weight excluding hydrogens is 524 g/mol. The summed E-state index contributed by atoms with van der Waals surface area (Å²) in [6.07, 6.45) is 0. The molecule has 0 spiro atoms. The van der Waals surface area contributed by atoms with E-state index < -0.39 is 5.41 Å². The van der Waals surface area contributed by atoms with Crippen molar-refractivity contribution in [2.45, 2.75) is 12.3 Å². The predicted octanol–water partition coefficient (Wildman–Crippen LogP) is 9.39. The van der Waals surface area contributed by atoms with Gasteiger partial charge in [-0.25, -0.2) is 4.98 Å². The third-order valence-electron chi connectivity index (χ3n) is 8.83. The summed E-state index contributed by atoms with van der Waals surface area (Å²) < 4.78 is 1.84. The Hall–Kier alpha value is -5.54. The van der Waals surface area contributed by atoms with Crippen molar-refractivity contribution in [1.82, 2.24) is 9.55 Å². The van der Waals surface area contributed by atoms with Crippen LogP contribution < -0.4 is 0 Å². The Balaban J connectivity index is 1.36. The zero-order chi connectivity index (χ0) is 29.0. The van der Waals surface area contributed by atoms with Crippen LogP contribution in [0.3, 0.4) is 0 Å². The van der Waals surface area contributed by atoms with Gasteiger partial charge in [-0.1, -0.05) is 115 Å². The van der Waals surface area contributed by atoms with Crippen molar-refractivity contribution in [3.8, 4) is 33.4 Å². The second-order valence-corrected chi connectivity index (χ2v) is 11.3. The van der Waals surface area contributed by atoms with Crippen molar-refractivity contribution < 1.29 is 4.79 Å². The molecule has 2 heterocycles. The fraction of sp³-hybridized carbons (Fsp3) is 0.0500. The largest absolute Gasteiger partial charge is 0.268 e. The Labute approximate surface area is 250 Å². The van der Waals surface area contributed by atoms with Gasteiger partial charge in [0.15, 0.2) is 0 Å². The monoisotopic (exact) mass is 552 g/mol. The highest BCUT2D eigenvalue weighted by molar-refractivity contribution is 6.06. The van der Waals surface area contributed by atoms with Gasteiger partial charge in [-0.2, -0.15) is 0 Å². The molecule has 43 heavy (non-hydrogen) atoms. The van der Waals surface area contributed by atoms with Crippen molar-refractivity contribution in [3.05, 3.63) is 174 Å². The number of imidazole rings is 1. The van der Waals surface area contributed by atoms with Crippen LogP contribution in [0.15, 0.2) is 152 Å². The van der Waals surface area contributed by atoms with Crippen LogP contribution in [0.2, 0.25) is 0 Å². The minimum absolute atomic E-state index is 0.0401. The fourth-order valence-corrected chi connectivity index (χ4v) is 6.59. The quantitative estimate of drug-likeness (QED) is 0.218. The van der Waals surface area contributed by atoms with Crippen LogP contribution in [0.1, 0.15) is 34.2 Å². The average molecular weight is 553 g/mol. The number of aromatic nitrogens is 2. The molecule has 1 aromatic heterocycles. The zero-order valence-electron chi connectivity index (χ0n) is 23.7. The molecule has 8 rings (SSSR count). The van der Waals surface area contributed by atoms with E-state index in [0.717, 1.165) is 61.4 Å². The lowest BCUT2D eigenvalue weighted by molar-refractivity contribution is 0.0949. The van der Waals surface area contributed by atoms with Crippen molar-refractivity contribution in [1.29, 1.82) is 0 Å². The first-order chi connectivity index (χ1) is 21.1. The van der Waals surface area contributed by atoms with E-state index in [1.165, 1.54) is 0 Å². The molecule has 0 saturated heterocycles. The second kappa shape index (κ2) is 9.78. The smallest absolute Gasteiger partial charge is 0.264 e. The molecule has 7 aromatic rings. The van der Waals surface area contributed by atoms with Crippen LogP contribution in [-0.2, 0) is 5.41 Å². The van der Waals surface area contributed by atoms with E-state index >= 15 is 0 Å². The lowest BCUT2D eigenvalue weighted by Crippen LogP contribution is -2.38. The Morgan fingerprint density at radius 3 is 1.70 bits per heavy atom. The van der Waals surface area contributed by atoms with E-state index in [1.54, 1.807) is 0 Å². The summed E-state index contributed by atoms with van der Waals surface area (Å²) >= 11 is 0. The molecule has 0 fully saturated rings. The molecule has 1 unspecified atom stereocenters. The van der Waals surface area contributed by atoms with E-state index in [9.17, 15) is 4.79 Å². The highest BCUT2D eigenvalue weighted by atomic mass is 16.2. The molecular formula is C40H28N2O. The summed E-state index contributed by atoms with van der Waals surface area (Å²) in [6, 6.07) is 52.3. The number of carbonyl (C=O) groups is 1. The average Bonchev–Trinajstić information content (AvgIpc) is 3.48. The standard InChI is InChI=1S/C40H28N2O/c1-40(33-17-9-4-10-18-33)35-20-12-11-19-34(35)38(43)42-37-26-29(21-22-36(37)41-39(40)42)32-24-30(27-13-5-2-6-14-27)23-31(25-32)28-15-7-3-8-16-28/h2-26H,1H3. The van der Waals surface area contributed by atoms with Crippen LogP contribution in [0.25, 0.3) is 44.4 Å². The first kappa shape index (κ1) is 25.2. The van der Waals surface area contributed by atoms with Gasteiger partial charge < -0.3 is 0 Å². The SMILES string of the molecule is CC1(c2ccccc2)c2ccccc2C(=O)n2c1nc1ccc(-c3cc(-c4ccccc4)cc(-c4ccccc4)c3)cc12. The molecule has 0 radical (unpaired) electrons. The molecule has 0 bridgehead atoms. The zero-order valence-corrected chi connectivity index (χ0v) is 23.7. The molecule has 6 aromatic carbocycles. The Morgan fingerprint density at radius 1 is 0.535 bits per heavy atom. The normalized spacial score (nSPS) is 15.7. The summed E-state index contributed by atoms with van der Waals surface area (Å²) in [5, 5.41) is 0. The van der Waals surface area contributed by atoms with Crippen molar-refractivity contribution in [2.75, 3.05) is 0 Å². The van der Waals surface area contributed by atoms with Gasteiger partial charge >= 0.3 is 0 Å². The maximum absolute atomic E-state index is 14.2. The minimum atomic E-state index is -0.585. The molecule has 0 aliphatic carbocycles. The molecule has 3 nitrogen and oxygen atoms in total. The third kappa shape index (κ3) is 3.97. The van der Waals surface area contributed by atoms with E-state index in [4.69, 9.17) is 4.98 Å². The maximum Gasteiger partial charge on any atom is 0.264 e. The number of rotatable bonds is 4. The molecule has 0 saturated carbocycles. The molecule has 3 heteroatoms. The van der Waals surface area contributed by atoms with Gasteiger partial charge in [0.1, 0.15) is 5.82 Å². The van der Waals surface area contributed by atoms with Gasteiger partial charge in [0.05, 0.1) is 16.4 Å². The molecule has 1 atom stereocenters. The van der Waals surface area contributed by atoms with Crippen molar-refractivity contribution >= 4 is 16.9 Å². The van der Waals surface area contributed by atoms with Crippen LogP contribution in [-0.4, -0.2) is 15.5 Å². The Bertz CT molecular complexity index is 2090. The predicted molar refractivity (Wildman–Crippen MR) is 174 cm³/mol. The number of hydrogen-bond acceptors (Lipinski definition) is 2. The summed E-state index contributed by atoms with van der Waals surface area (Å²) in [7, 11) is 0. The Morgan fingerprint density at radius 2 is 1.07 bits per heavy atom. The second-order valence-electron chi connectivity index (χ2n) is 11.3. The van der Waals surface area contributed by atoms with Gasteiger partial charge in [-0.05, 0) is 87.8 Å². The fourth-order valence-electron chi connectivity index (χ4n) is 6.59. The summed E-state index contributed by atoms with van der Waals surface area (Å²) in [4.78, 5) is 19.3. The van der Waals surface area contributed by atoms with Crippen LogP contribution in [0, 0.1) is 0 Å². The summed E-state index contributed by atoms with van der Waals surface area (Å²) in [6.45, 7) is 2.18. The van der Waals surface area contributed by atoms with E-state index in [1.807, 2.05) is 41.0 Å². The Kier molecular flexibility index (Phi) is 5.73. The van der Waals surface area contributed by atoms with Crippen molar-refractivity contribution in [3.63, 3.8) is 0 Å². The van der Waals surface area contributed by atoms with Crippen molar-refractivity contribution in [2.24, 2.45) is 0 Å². The van der Waals surface area contributed by atoms with Gasteiger partial charge in [0, 0.05) is 5.56 Å². The van der Waals surface area contributed by atoms with Crippen LogP contribution in [0.5, 0.6) is 0 Å². The molecule has 1 aliphatic rings. The van der Waals surface area contributed by atoms with Crippen LogP contribution >= 0.6 is 0 Å². The lowest BCUT2D eigenvalue weighted by atomic mass is 9.71. The molecule has 0 amide bonds. The van der Waals surface area contributed by atoms with Gasteiger partial charge in [0.25, 0.3) is 5.91 Å². The maximum atomic E-state index is 14.2. The molecule has 1 aliphatic heterocycles. The van der Waals surface area contributed by atoms with E-state index in [-0.39, 0.29) is 5.91 Å². The highest BCUT2D eigenvalue weighted by Crippen LogP contribution is 2.45. The number of benzene rings is 6. The summed E-state index contributed by atoms with van der Waals surface area (Å²) in [5.74, 6) is 0.708. The molecule has 0 N–H and O–H groups in total. The van der Waals surface area contributed by atoms with Gasteiger partial charge in [-0.3, -0.25) is 9.36 Å². The number of hydrogen-bond donors (Lipinski definition) is 0. The topological polar surface area (TPSA) is 34.9 Å². The highest BCUT2D eigenvalue weighted by Gasteiger charge is 2.44. The first-order valence-corrected chi connectivity index (χ1v) is 14.6. The molecule has 204 valence electrons. The first-order valence-electron chi connectivity index (χ1n) is 14.6. The number of nitrogens with zero attached hydrogens (tertiary/aromatic N) is 2. The van der Waals surface area contributed by atoms with E-state index in [0.29, 0.717) is 5.56 Å². The van der Waals surface area contributed by atoms with Crippen LogP contribution in [0.4, 0.5) is 0 Å². The minimum Gasteiger partial charge on any atom is -0.268 e. The van der Waals surface area contributed by atoms with Gasteiger partial charge in [-0.15, -0.1) is 0 Å². The van der Waals surface area contributed by atoms with E-state index in [2.05, 4.69) is 122 Å². The number of carbonyl (C=O) groups excluding carboxylic acids is 1. The number of fused-ring (bicyclic) bond motifs is 4. The lowest BCUT2D eigenvalue weighted by Gasteiger charge is -2.35.